The van der Waals surface area contributed by atoms with Crippen LogP contribution >= 0.6 is 11.8 Å². The number of hydrogen-bond acceptors (Lipinski definition) is 6. The van der Waals surface area contributed by atoms with Crippen LogP contribution in [0.25, 0.3) is 28.2 Å². The molecule has 2 aromatic heterocycles. The molecule has 3 aromatic carbocycles. The number of fused-ring (bicyclic) bond motifs is 1. The van der Waals surface area contributed by atoms with Crippen molar-refractivity contribution in [1.29, 1.82) is 0 Å². The molecule has 158 valence electrons. The van der Waals surface area contributed by atoms with Gasteiger partial charge in [0.1, 0.15) is 5.52 Å². The topological polar surface area (TPSA) is 85.8 Å². The molecule has 0 atom stereocenters. The van der Waals surface area contributed by atoms with Crippen LogP contribution in [-0.2, 0) is 4.79 Å². The number of aromatic nitrogens is 4. The zero-order chi connectivity index (χ0) is 21.9. The number of benzene rings is 3. The highest BCUT2D eigenvalue weighted by atomic mass is 32.2. The average molecular weight is 442 g/mol. The number of anilines is 1. The first kappa shape index (κ1) is 20.0. The van der Waals surface area contributed by atoms with Crippen LogP contribution in [-0.4, -0.2) is 31.4 Å². The summed E-state index contributed by atoms with van der Waals surface area (Å²) in [6, 6.07) is 25.2. The predicted molar refractivity (Wildman–Crippen MR) is 125 cm³/mol. The van der Waals surface area contributed by atoms with Crippen molar-refractivity contribution in [2.75, 3.05) is 11.1 Å². The van der Waals surface area contributed by atoms with E-state index in [1.165, 1.54) is 11.8 Å². The number of thioether (sulfide) groups is 1. The van der Waals surface area contributed by atoms with E-state index in [0.29, 0.717) is 27.8 Å². The number of oxazole rings is 1. The molecule has 0 fully saturated rings. The maximum atomic E-state index is 12.6. The summed E-state index contributed by atoms with van der Waals surface area (Å²) in [4.78, 5) is 16.9. The summed E-state index contributed by atoms with van der Waals surface area (Å²) in [6.45, 7) is 1.79. The minimum atomic E-state index is -0.140. The zero-order valence-electron chi connectivity index (χ0n) is 17.2. The molecule has 1 amide bonds. The number of nitrogens with zero attached hydrogens (tertiary/aromatic N) is 4. The Kier molecular flexibility index (Phi) is 5.43. The van der Waals surface area contributed by atoms with Crippen molar-refractivity contribution >= 4 is 34.5 Å². The second-order valence-corrected chi connectivity index (χ2v) is 8.04. The molecule has 0 aliphatic carbocycles. The van der Waals surface area contributed by atoms with Gasteiger partial charge in [-0.3, -0.25) is 9.36 Å². The van der Waals surface area contributed by atoms with E-state index in [9.17, 15) is 4.79 Å². The summed E-state index contributed by atoms with van der Waals surface area (Å²) in [7, 11) is 0. The number of carbonyl (C=O) groups excluding carboxylic acids is 1. The molecule has 1 N–H and O–H groups in total. The fraction of sp³-hybridized carbons (Fsp3) is 0.0833. The van der Waals surface area contributed by atoms with Crippen LogP contribution in [0.4, 0.5) is 5.69 Å². The molecule has 5 aromatic rings. The number of nitrogens with one attached hydrogen (secondary N) is 1. The van der Waals surface area contributed by atoms with Crippen LogP contribution in [0, 0.1) is 6.92 Å². The van der Waals surface area contributed by atoms with Gasteiger partial charge >= 0.3 is 0 Å². The fourth-order valence-electron chi connectivity index (χ4n) is 3.39. The van der Waals surface area contributed by atoms with Crippen LogP contribution in [0.1, 0.15) is 5.89 Å². The Labute approximate surface area is 188 Å². The van der Waals surface area contributed by atoms with E-state index in [0.717, 1.165) is 17.1 Å². The van der Waals surface area contributed by atoms with Crippen molar-refractivity contribution in [3.8, 4) is 17.1 Å². The molecule has 0 aliphatic heterocycles. The van der Waals surface area contributed by atoms with Crippen LogP contribution in [0.15, 0.2) is 88.4 Å². The van der Waals surface area contributed by atoms with Gasteiger partial charge in [-0.25, -0.2) is 4.98 Å². The standard InChI is InChI=1S/C24H19N5O2S/c1-16-25-20-14-18(12-13-21(20)31-16)26-22(30)15-32-24-28-27-23(17-8-4-2-5-9-17)29(24)19-10-6-3-7-11-19/h2-14H,15H2,1H3,(H,26,30). The zero-order valence-corrected chi connectivity index (χ0v) is 18.0. The van der Waals surface area contributed by atoms with Gasteiger partial charge in [0.05, 0.1) is 5.75 Å². The molecule has 0 spiro atoms. The van der Waals surface area contributed by atoms with Crippen molar-refractivity contribution in [2.45, 2.75) is 12.1 Å². The Balaban J connectivity index is 1.36. The van der Waals surface area contributed by atoms with Crippen LogP contribution in [0.2, 0.25) is 0 Å². The van der Waals surface area contributed by atoms with Gasteiger partial charge in [0.15, 0.2) is 22.5 Å². The minimum Gasteiger partial charge on any atom is -0.441 e. The SMILES string of the molecule is Cc1nc2cc(NC(=O)CSc3nnc(-c4ccccc4)n3-c3ccccc3)ccc2o1. The number of amides is 1. The van der Waals surface area contributed by atoms with E-state index in [1.54, 1.807) is 25.1 Å². The van der Waals surface area contributed by atoms with Gasteiger partial charge in [-0.1, -0.05) is 60.3 Å². The van der Waals surface area contributed by atoms with Crippen molar-refractivity contribution in [3.05, 3.63) is 84.8 Å². The van der Waals surface area contributed by atoms with Crippen LogP contribution in [0.3, 0.4) is 0 Å². The van der Waals surface area contributed by atoms with Gasteiger partial charge in [-0.05, 0) is 30.3 Å². The largest absolute Gasteiger partial charge is 0.441 e. The Bertz CT molecular complexity index is 1380. The maximum absolute atomic E-state index is 12.6. The lowest BCUT2D eigenvalue weighted by molar-refractivity contribution is -0.113. The van der Waals surface area contributed by atoms with Crippen molar-refractivity contribution < 1.29 is 9.21 Å². The molecule has 7 nitrogen and oxygen atoms in total. The number of aryl methyl sites for hydroxylation is 1. The summed E-state index contributed by atoms with van der Waals surface area (Å²) in [5.74, 6) is 1.37. The normalized spacial score (nSPS) is 11.0. The second-order valence-electron chi connectivity index (χ2n) is 7.10. The van der Waals surface area contributed by atoms with E-state index >= 15 is 0 Å². The van der Waals surface area contributed by atoms with Crippen molar-refractivity contribution in [1.82, 2.24) is 19.7 Å². The number of rotatable bonds is 6. The lowest BCUT2D eigenvalue weighted by atomic mass is 10.2. The highest BCUT2D eigenvalue weighted by Crippen LogP contribution is 2.28. The molecule has 0 saturated carbocycles. The van der Waals surface area contributed by atoms with Gasteiger partial charge in [0.25, 0.3) is 0 Å². The Morgan fingerprint density at radius 1 is 1.00 bits per heavy atom. The third-order valence-corrected chi connectivity index (χ3v) is 5.72. The predicted octanol–water partition coefficient (Wildman–Crippen LogP) is 5.11. The number of hydrogen-bond donors (Lipinski definition) is 1. The van der Waals surface area contributed by atoms with E-state index in [1.807, 2.05) is 65.2 Å². The van der Waals surface area contributed by atoms with Crippen LogP contribution in [0.5, 0.6) is 0 Å². The summed E-state index contributed by atoms with van der Waals surface area (Å²) >= 11 is 1.34. The van der Waals surface area contributed by atoms with Crippen molar-refractivity contribution in [2.24, 2.45) is 0 Å². The van der Waals surface area contributed by atoms with E-state index < -0.39 is 0 Å². The van der Waals surface area contributed by atoms with Gasteiger partial charge in [-0.2, -0.15) is 0 Å². The highest BCUT2D eigenvalue weighted by Gasteiger charge is 2.17. The quantitative estimate of drug-likeness (QED) is 0.368. The molecule has 2 heterocycles. The first-order chi connectivity index (χ1) is 15.7. The molecule has 0 radical (unpaired) electrons. The third-order valence-electron chi connectivity index (χ3n) is 4.79. The number of carbonyl (C=O) groups is 1. The lowest BCUT2D eigenvalue weighted by Crippen LogP contribution is -2.14. The van der Waals surface area contributed by atoms with Crippen molar-refractivity contribution in [3.63, 3.8) is 0 Å². The Morgan fingerprint density at radius 2 is 1.75 bits per heavy atom. The first-order valence-corrected chi connectivity index (χ1v) is 11.0. The molecule has 0 unspecified atom stereocenters. The second kappa shape index (κ2) is 8.68. The van der Waals surface area contributed by atoms with Gasteiger partial charge in [0.2, 0.25) is 5.91 Å². The first-order valence-electron chi connectivity index (χ1n) is 10.0. The molecular formula is C24H19N5O2S. The smallest absolute Gasteiger partial charge is 0.234 e. The highest BCUT2D eigenvalue weighted by molar-refractivity contribution is 7.99. The fourth-order valence-corrected chi connectivity index (χ4v) is 4.15. The summed E-state index contributed by atoms with van der Waals surface area (Å²) in [6.07, 6.45) is 0. The molecule has 5 rings (SSSR count). The van der Waals surface area contributed by atoms with Gasteiger partial charge < -0.3 is 9.73 Å². The Morgan fingerprint density at radius 3 is 2.53 bits per heavy atom. The van der Waals surface area contributed by atoms with Gasteiger partial charge in [-0.15, -0.1) is 10.2 Å². The average Bonchev–Trinajstić information content (AvgIpc) is 3.41. The monoisotopic (exact) mass is 441 g/mol. The molecule has 0 saturated heterocycles. The maximum Gasteiger partial charge on any atom is 0.234 e. The summed E-state index contributed by atoms with van der Waals surface area (Å²) in [5.41, 5.74) is 3.97. The minimum absolute atomic E-state index is 0.140. The molecule has 8 heteroatoms. The van der Waals surface area contributed by atoms with Crippen LogP contribution < -0.4 is 5.32 Å². The summed E-state index contributed by atoms with van der Waals surface area (Å²) in [5, 5.41) is 12.3. The Hall–Kier alpha value is -3.91. The summed E-state index contributed by atoms with van der Waals surface area (Å²) < 4.78 is 7.45. The van der Waals surface area contributed by atoms with Gasteiger partial charge in [0, 0.05) is 23.9 Å². The molecule has 32 heavy (non-hydrogen) atoms. The number of para-hydroxylation sites is 1. The molecule has 0 aliphatic rings. The molecular weight excluding hydrogens is 422 g/mol. The lowest BCUT2D eigenvalue weighted by Gasteiger charge is -2.10. The third kappa shape index (κ3) is 4.13. The van der Waals surface area contributed by atoms with E-state index in [-0.39, 0.29) is 11.7 Å². The van der Waals surface area contributed by atoms with E-state index in [2.05, 4.69) is 20.5 Å². The van der Waals surface area contributed by atoms with E-state index in [4.69, 9.17) is 4.42 Å². The molecule has 0 bridgehead atoms.